The van der Waals surface area contributed by atoms with Gasteiger partial charge in [-0.05, 0) is 68.0 Å². The minimum atomic E-state index is -0.215. The Balaban J connectivity index is 1.63. The molecule has 0 radical (unpaired) electrons. The number of nitrogens with zero attached hydrogens (tertiary/aromatic N) is 1. The quantitative estimate of drug-likeness (QED) is 0.677. The van der Waals surface area contributed by atoms with Crippen LogP contribution >= 0.6 is 12.2 Å². The third kappa shape index (κ3) is 5.30. The highest BCUT2D eigenvalue weighted by Crippen LogP contribution is 2.29. The van der Waals surface area contributed by atoms with Crippen molar-refractivity contribution < 1.29 is 14.3 Å². The number of benzene rings is 2. The summed E-state index contributed by atoms with van der Waals surface area (Å²) >= 11 is 5.70. The number of rotatable bonds is 6. The van der Waals surface area contributed by atoms with Gasteiger partial charge in [-0.15, -0.1) is 0 Å². The minimum Gasteiger partial charge on any atom is -0.493 e. The lowest BCUT2D eigenvalue weighted by molar-refractivity contribution is -0.118. The van der Waals surface area contributed by atoms with Crippen LogP contribution in [0, 0.1) is 19.8 Å². The summed E-state index contributed by atoms with van der Waals surface area (Å²) in [5.41, 5.74) is 3.91. The number of carbonyl (C=O) groups excluding carboxylic acids is 1. The lowest BCUT2D eigenvalue weighted by Crippen LogP contribution is -2.37. The number of anilines is 1. The van der Waals surface area contributed by atoms with E-state index < -0.39 is 0 Å². The molecule has 160 valence electrons. The van der Waals surface area contributed by atoms with Crippen LogP contribution in [0.2, 0.25) is 0 Å². The van der Waals surface area contributed by atoms with Gasteiger partial charge >= 0.3 is 0 Å². The Morgan fingerprint density at radius 3 is 2.60 bits per heavy atom. The van der Waals surface area contributed by atoms with Crippen molar-refractivity contribution in [3.63, 3.8) is 0 Å². The van der Waals surface area contributed by atoms with Crippen molar-refractivity contribution in [1.29, 1.82) is 0 Å². The number of nitrogens with one attached hydrogen (secondary N) is 1. The van der Waals surface area contributed by atoms with E-state index in [-0.39, 0.29) is 12.5 Å². The predicted molar refractivity (Wildman–Crippen MR) is 125 cm³/mol. The van der Waals surface area contributed by atoms with Crippen LogP contribution in [0.25, 0.3) is 0 Å². The van der Waals surface area contributed by atoms with Gasteiger partial charge in [0.05, 0.1) is 7.11 Å². The standard InChI is InChI=1S/C24H30N2O3S/c1-16-10-12-26(13-11-16)24(30)19-8-9-21(22(14-19)28-4)29-15-23(27)25-20-7-5-6-17(2)18(20)3/h5-9,14,16H,10-13,15H2,1-4H3,(H,25,27). The molecule has 0 saturated carbocycles. The lowest BCUT2D eigenvalue weighted by atomic mass is 9.99. The molecule has 30 heavy (non-hydrogen) atoms. The maximum absolute atomic E-state index is 12.4. The number of hydrogen-bond donors (Lipinski definition) is 1. The van der Waals surface area contributed by atoms with Crippen molar-refractivity contribution in [3.05, 3.63) is 53.1 Å². The van der Waals surface area contributed by atoms with Gasteiger partial charge in [0.1, 0.15) is 4.99 Å². The fourth-order valence-corrected chi connectivity index (χ4v) is 3.84. The van der Waals surface area contributed by atoms with Gasteiger partial charge in [0.15, 0.2) is 18.1 Å². The molecule has 1 amide bonds. The van der Waals surface area contributed by atoms with Gasteiger partial charge in [0.25, 0.3) is 5.91 Å². The summed E-state index contributed by atoms with van der Waals surface area (Å²) in [6.07, 6.45) is 2.32. The largest absolute Gasteiger partial charge is 0.493 e. The number of methoxy groups -OCH3 is 1. The number of ether oxygens (including phenoxy) is 2. The van der Waals surface area contributed by atoms with Crippen molar-refractivity contribution in [1.82, 2.24) is 4.90 Å². The molecular weight excluding hydrogens is 396 g/mol. The Labute approximate surface area is 184 Å². The van der Waals surface area contributed by atoms with E-state index in [0.29, 0.717) is 11.5 Å². The van der Waals surface area contributed by atoms with E-state index >= 15 is 0 Å². The second-order valence-corrected chi connectivity index (χ2v) is 8.31. The highest BCUT2D eigenvalue weighted by atomic mass is 32.1. The molecule has 0 unspecified atom stereocenters. The summed E-state index contributed by atoms with van der Waals surface area (Å²) in [6, 6.07) is 11.5. The van der Waals surface area contributed by atoms with E-state index in [0.717, 1.165) is 59.2 Å². The van der Waals surface area contributed by atoms with Crippen molar-refractivity contribution in [2.24, 2.45) is 5.92 Å². The molecular formula is C24H30N2O3S. The molecule has 0 spiro atoms. The molecule has 2 aromatic carbocycles. The zero-order valence-electron chi connectivity index (χ0n) is 18.2. The average Bonchev–Trinajstić information content (AvgIpc) is 2.75. The molecule has 0 aliphatic carbocycles. The SMILES string of the molecule is COc1cc(C(=S)N2CCC(C)CC2)ccc1OCC(=O)Nc1cccc(C)c1C. The van der Waals surface area contributed by atoms with Crippen LogP contribution in [-0.2, 0) is 4.79 Å². The zero-order valence-corrected chi connectivity index (χ0v) is 19.0. The van der Waals surface area contributed by atoms with Crippen LogP contribution in [0.4, 0.5) is 5.69 Å². The fourth-order valence-electron chi connectivity index (χ4n) is 3.53. The molecule has 0 bridgehead atoms. The molecule has 6 heteroatoms. The molecule has 1 saturated heterocycles. The normalized spacial score (nSPS) is 14.3. The Morgan fingerprint density at radius 1 is 1.17 bits per heavy atom. The highest BCUT2D eigenvalue weighted by Gasteiger charge is 2.20. The van der Waals surface area contributed by atoms with Gasteiger partial charge in [-0.3, -0.25) is 4.79 Å². The second-order valence-electron chi connectivity index (χ2n) is 7.92. The van der Waals surface area contributed by atoms with Crippen LogP contribution in [0.15, 0.2) is 36.4 Å². The summed E-state index contributed by atoms with van der Waals surface area (Å²) in [5, 5.41) is 2.90. The van der Waals surface area contributed by atoms with Crippen molar-refractivity contribution in [3.8, 4) is 11.5 Å². The molecule has 1 aliphatic rings. The van der Waals surface area contributed by atoms with E-state index in [2.05, 4.69) is 17.1 Å². The summed E-state index contributed by atoms with van der Waals surface area (Å²) < 4.78 is 11.2. The van der Waals surface area contributed by atoms with Crippen LogP contribution in [-0.4, -0.2) is 42.6 Å². The van der Waals surface area contributed by atoms with Gasteiger partial charge in [0, 0.05) is 24.3 Å². The Bertz CT molecular complexity index is 921. The monoisotopic (exact) mass is 426 g/mol. The molecule has 1 aliphatic heterocycles. The van der Waals surface area contributed by atoms with Crippen LogP contribution in [0.5, 0.6) is 11.5 Å². The molecule has 0 atom stereocenters. The Morgan fingerprint density at radius 2 is 1.90 bits per heavy atom. The smallest absolute Gasteiger partial charge is 0.262 e. The van der Waals surface area contributed by atoms with E-state index in [1.54, 1.807) is 7.11 Å². The van der Waals surface area contributed by atoms with Crippen LogP contribution in [0.3, 0.4) is 0 Å². The second kappa shape index (κ2) is 9.94. The van der Waals surface area contributed by atoms with Gasteiger partial charge in [-0.25, -0.2) is 0 Å². The first-order chi connectivity index (χ1) is 14.4. The summed E-state index contributed by atoms with van der Waals surface area (Å²) in [6.45, 7) is 8.16. The van der Waals surface area contributed by atoms with Gasteiger partial charge in [-0.1, -0.05) is 31.3 Å². The first-order valence-electron chi connectivity index (χ1n) is 10.3. The zero-order chi connectivity index (χ0) is 21.7. The predicted octanol–water partition coefficient (Wildman–Crippen LogP) is 4.74. The highest BCUT2D eigenvalue weighted by molar-refractivity contribution is 7.80. The Kier molecular flexibility index (Phi) is 7.32. The van der Waals surface area contributed by atoms with E-state index in [1.165, 1.54) is 0 Å². The topological polar surface area (TPSA) is 50.8 Å². The number of carbonyl (C=O) groups is 1. The number of thiocarbonyl (C=S) groups is 1. The number of likely N-dealkylation sites (tertiary alicyclic amines) is 1. The van der Waals surface area contributed by atoms with Gasteiger partial charge < -0.3 is 19.7 Å². The number of hydrogen-bond acceptors (Lipinski definition) is 4. The summed E-state index contributed by atoms with van der Waals surface area (Å²) in [5.74, 6) is 1.63. The summed E-state index contributed by atoms with van der Waals surface area (Å²) in [4.78, 5) is 15.4. The van der Waals surface area contributed by atoms with Crippen LogP contribution < -0.4 is 14.8 Å². The lowest BCUT2D eigenvalue weighted by Gasteiger charge is -2.32. The first kappa shape index (κ1) is 22.1. The molecule has 5 nitrogen and oxygen atoms in total. The summed E-state index contributed by atoms with van der Waals surface area (Å²) in [7, 11) is 1.59. The molecule has 1 N–H and O–H groups in total. The van der Waals surface area contributed by atoms with Crippen molar-refractivity contribution in [2.75, 3.05) is 32.1 Å². The van der Waals surface area contributed by atoms with Gasteiger partial charge in [-0.2, -0.15) is 0 Å². The number of amides is 1. The third-order valence-corrected chi connectivity index (χ3v) is 6.21. The third-order valence-electron chi connectivity index (χ3n) is 5.72. The van der Waals surface area contributed by atoms with Crippen molar-refractivity contribution >= 4 is 28.8 Å². The number of piperidine rings is 1. The minimum absolute atomic E-state index is 0.0997. The van der Waals surface area contributed by atoms with E-state index in [4.69, 9.17) is 21.7 Å². The van der Waals surface area contributed by atoms with Crippen LogP contribution in [0.1, 0.15) is 36.5 Å². The van der Waals surface area contributed by atoms with E-state index in [9.17, 15) is 4.79 Å². The number of aryl methyl sites for hydroxylation is 1. The van der Waals surface area contributed by atoms with Gasteiger partial charge in [0.2, 0.25) is 0 Å². The van der Waals surface area contributed by atoms with Crippen molar-refractivity contribution in [2.45, 2.75) is 33.6 Å². The van der Waals surface area contributed by atoms with E-state index in [1.807, 2.05) is 50.2 Å². The molecule has 3 rings (SSSR count). The maximum atomic E-state index is 12.4. The molecule has 2 aromatic rings. The molecule has 1 heterocycles. The first-order valence-corrected chi connectivity index (χ1v) is 10.8. The Hall–Kier alpha value is -2.60. The molecule has 1 fully saturated rings. The fraction of sp³-hybridized carbons (Fsp3) is 0.417. The maximum Gasteiger partial charge on any atom is 0.262 e. The average molecular weight is 427 g/mol. The molecule has 0 aromatic heterocycles.